The third-order valence-electron chi connectivity index (χ3n) is 5.23. The average Bonchev–Trinajstić information content (AvgIpc) is 2.94. The Balaban J connectivity index is 1.77. The fourth-order valence-corrected chi connectivity index (χ4v) is 4.21. The molecule has 0 unspecified atom stereocenters. The van der Waals surface area contributed by atoms with Gasteiger partial charge in [-0.1, -0.05) is 23.7 Å². The second-order valence-electron chi connectivity index (χ2n) is 6.79. The molecular formula is C20H16ClN3O2. The number of ketones is 1. The minimum atomic E-state index is -0.255. The Kier molecular flexibility index (Phi) is 3.40. The number of rotatable bonds is 1. The molecule has 2 aromatic carbocycles. The van der Waals surface area contributed by atoms with E-state index in [0.717, 1.165) is 31.6 Å². The van der Waals surface area contributed by atoms with Crippen LogP contribution in [0.5, 0.6) is 0 Å². The highest BCUT2D eigenvalue weighted by molar-refractivity contribution is 6.34. The van der Waals surface area contributed by atoms with Crippen molar-refractivity contribution < 1.29 is 4.79 Å². The van der Waals surface area contributed by atoms with Crippen LogP contribution in [0.4, 0.5) is 5.69 Å². The van der Waals surface area contributed by atoms with Crippen molar-refractivity contribution in [1.29, 1.82) is 0 Å². The largest absolute Gasteiger partial charge is 0.370 e. The summed E-state index contributed by atoms with van der Waals surface area (Å²) < 4.78 is 1.43. The molecule has 0 bridgehead atoms. The smallest absolute Gasteiger partial charge is 0.266 e. The van der Waals surface area contributed by atoms with Gasteiger partial charge in [0.05, 0.1) is 32.9 Å². The summed E-state index contributed by atoms with van der Waals surface area (Å²) in [6, 6.07) is 10.7. The molecule has 1 aromatic heterocycles. The Labute approximate surface area is 154 Å². The zero-order valence-electron chi connectivity index (χ0n) is 14.0. The summed E-state index contributed by atoms with van der Waals surface area (Å²) in [5.41, 5.74) is 2.22. The lowest BCUT2D eigenvalue weighted by atomic mass is 10.1. The molecule has 0 saturated carbocycles. The SMILES string of the molecule is O=C1c2cc(Cl)c(N3CCCCC3)cc2-n2c1nc1ccccc1c2=O. The summed E-state index contributed by atoms with van der Waals surface area (Å²) in [5, 5.41) is 1.05. The lowest BCUT2D eigenvalue weighted by Crippen LogP contribution is -2.30. The van der Waals surface area contributed by atoms with E-state index in [0.29, 0.717) is 27.2 Å². The van der Waals surface area contributed by atoms with Gasteiger partial charge in [-0.15, -0.1) is 0 Å². The molecule has 26 heavy (non-hydrogen) atoms. The Morgan fingerprint density at radius 3 is 2.54 bits per heavy atom. The fourth-order valence-electron chi connectivity index (χ4n) is 3.92. The Morgan fingerprint density at radius 2 is 1.73 bits per heavy atom. The summed E-state index contributed by atoms with van der Waals surface area (Å²) >= 11 is 6.49. The number of carbonyl (C=O) groups excluding carboxylic acids is 1. The van der Waals surface area contributed by atoms with Crippen molar-refractivity contribution in [2.45, 2.75) is 19.3 Å². The normalized spacial score (nSPS) is 16.0. The second-order valence-corrected chi connectivity index (χ2v) is 7.20. The predicted molar refractivity (Wildman–Crippen MR) is 102 cm³/mol. The molecule has 5 rings (SSSR count). The van der Waals surface area contributed by atoms with E-state index in [2.05, 4.69) is 9.88 Å². The number of hydrogen-bond donors (Lipinski definition) is 0. The van der Waals surface area contributed by atoms with Gasteiger partial charge in [0.15, 0.2) is 5.82 Å². The summed E-state index contributed by atoms with van der Waals surface area (Å²) in [4.78, 5) is 32.5. The Morgan fingerprint density at radius 1 is 0.962 bits per heavy atom. The molecular weight excluding hydrogens is 350 g/mol. The number of para-hydroxylation sites is 1. The van der Waals surface area contributed by atoms with Crippen LogP contribution in [0.1, 0.15) is 35.4 Å². The standard InChI is InChI=1S/C20H16ClN3O2/c21-14-10-13-16(11-17(14)23-8-4-1-5-9-23)24-19(18(13)25)22-15-7-3-2-6-12(15)20(24)26/h2-3,6-7,10-11H,1,4-5,8-9H2. The van der Waals surface area contributed by atoms with E-state index in [1.807, 2.05) is 12.1 Å². The van der Waals surface area contributed by atoms with Crippen LogP contribution in [0, 0.1) is 0 Å². The van der Waals surface area contributed by atoms with Gasteiger partial charge in [-0.2, -0.15) is 0 Å². The van der Waals surface area contributed by atoms with Gasteiger partial charge in [-0.25, -0.2) is 4.98 Å². The van der Waals surface area contributed by atoms with Crippen molar-refractivity contribution in [3.8, 4) is 5.69 Å². The van der Waals surface area contributed by atoms with E-state index in [1.165, 1.54) is 11.0 Å². The van der Waals surface area contributed by atoms with Crippen LogP contribution in [-0.2, 0) is 0 Å². The van der Waals surface area contributed by atoms with Crippen LogP contribution in [0.25, 0.3) is 16.6 Å². The van der Waals surface area contributed by atoms with E-state index >= 15 is 0 Å². The van der Waals surface area contributed by atoms with Crippen LogP contribution in [0.2, 0.25) is 5.02 Å². The first-order valence-electron chi connectivity index (χ1n) is 8.80. The number of nitrogens with zero attached hydrogens (tertiary/aromatic N) is 3. The molecule has 0 amide bonds. The Bertz CT molecular complexity index is 1130. The molecule has 5 nitrogen and oxygen atoms in total. The molecule has 3 aromatic rings. The number of halogens is 1. The molecule has 0 atom stereocenters. The van der Waals surface area contributed by atoms with Gasteiger partial charge in [0.2, 0.25) is 5.78 Å². The van der Waals surface area contributed by atoms with Gasteiger partial charge in [-0.3, -0.25) is 14.2 Å². The van der Waals surface area contributed by atoms with Crippen LogP contribution in [-0.4, -0.2) is 28.4 Å². The monoisotopic (exact) mass is 365 g/mol. The molecule has 6 heteroatoms. The summed E-state index contributed by atoms with van der Waals surface area (Å²) in [6.45, 7) is 1.87. The number of anilines is 1. The Hall–Kier alpha value is -2.66. The van der Waals surface area contributed by atoms with E-state index in [9.17, 15) is 9.59 Å². The first-order chi connectivity index (χ1) is 12.6. The van der Waals surface area contributed by atoms with Crippen molar-refractivity contribution in [3.05, 3.63) is 63.2 Å². The molecule has 1 fully saturated rings. The molecule has 2 aliphatic rings. The van der Waals surface area contributed by atoms with Crippen LogP contribution in [0.15, 0.2) is 41.2 Å². The number of piperidine rings is 1. The van der Waals surface area contributed by atoms with Crippen LogP contribution < -0.4 is 10.5 Å². The molecule has 0 radical (unpaired) electrons. The quantitative estimate of drug-likeness (QED) is 0.517. The summed E-state index contributed by atoms with van der Waals surface area (Å²) in [7, 11) is 0. The number of benzene rings is 2. The zero-order valence-corrected chi connectivity index (χ0v) is 14.8. The molecule has 3 heterocycles. The molecule has 0 aliphatic carbocycles. The molecule has 0 spiro atoms. The highest BCUT2D eigenvalue weighted by atomic mass is 35.5. The minimum Gasteiger partial charge on any atom is -0.370 e. The van der Waals surface area contributed by atoms with Crippen molar-refractivity contribution in [1.82, 2.24) is 9.55 Å². The van der Waals surface area contributed by atoms with Gasteiger partial charge in [0, 0.05) is 13.1 Å². The minimum absolute atomic E-state index is 0.163. The van der Waals surface area contributed by atoms with Gasteiger partial charge in [0.25, 0.3) is 5.56 Å². The maximum absolute atomic E-state index is 13.0. The van der Waals surface area contributed by atoms with Crippen molar-refractivity contribution in [2.24, 2.45) is 0 Å². The number of fused-ring (bicyclic) bond motifs is 4. The summed E-state index contributed by atoms with van der Waals surface area (Å²) in [6.07, 6.45) is 3.46. The number of hydrogen-bond acceptors (Lipinski definition) is 4. The summed E-state index contributed by atoms with van der Waals surface area (Å²) in [5.74, 6) is -0.0921. The highest BCUT2D eigenvalue weighted by Gasteiger charge is 2.32. The maximum Gasteiger partial charge on any atom is 0.266 e. The van der Waals surface area contributed by atoms with Gasteiger partial charge >= 0.3 is 0 Å². The second kappa shape index (κ2) is 5.68. The maximum atomic E-state index is 13.0. The molecule has 2 aliphatic heterocycles. The highest BCUT2D eigenvalue weighted by Crippen LogP contribution is 2.36. The van der Waals surface area contributed by atoms with E-state index < -0.39 is 0 Å². The van der Waals surface area contributed by atoms with Gasteiger partial charge in [-0.05, 0) is 43.5 Å². The van der Waals surface area contributed by atoms with Crippen molar-refractivity contribution >= 4 is 34.0 Å². The van der Waals surface area contributed by atoms with Gasteiger partial charge < -0.3 is 4.90 Å². The van der Waals surface area contributed by atoms with Crippen molar-refractivity contribution in [3.63, 3.8) is 0 Å². The van der Waals surface area contributed by atoms with Gasteiger partial charge in [0.1, 0.15) is 0 Å². The lowest BCUT2D eigenvalue weighted by molar-refractivity contribution is 0.103. The predicted octanol–water partition coefficient (Wildman–Crippen LogP) is 3.57. The third kappa shape index (κ3) is 2.13. The van der Waals surface area contributed by atoms with Crippen molar-refractivity contribution in [2.75, 3.05) is 18.0 Å². The average molecular weight is 366 g/mol. The van der Waals surface area contributed by atoms with Crippen LogP contribution >= 0.6 is 11.6 Å². The number of carbonyl (C=O) groups is 1. The first kappa shape index (κ1) is 15.6. The third-order valence-corrected chi connectivity index (χ3v) is 5.53. The lowest BCUT2D eigenvalue weighted by Gasteiger charge is -2.30. The molecule has 130 valence electrons. The van der Waals surface area contributed by atoms with E-state index in [1.54, 1.807) is 24.3 Å². The molecule has 1 saturated heterocycles. The molecule has 0 N–H and O–H groups in total. The topological polar surface area (TPSA) is 55.2 Å². The van der Waals surface area contributed by atoms with Crippen LogP contribution in [0.3, 0.4) is 0 Å². The van der Waals surface area contributed by atoms with E-state index in [-0.39, 0.29) is 17.2 Å². The first-order valence-corrected chi connectivity index (χ1v) is 9.18. The number of aromatic nitrogens is 2. The van der Waals surface area contributed by atoms with E-state index in [4.69, 9.17) is 11.6 Å². The fraction of sp³-hybridized carbons (Fsp3) is 0.250. The zero-order chi connectivity index (χ0) is 17.8.